The Bertz CT molecular complexity index is 804. The Kier molecular flexibility index (Phi) is 8.09. The van der Waals surface area contributed by atoms with E-state index in [0.29, 0.717) is 17.7 Å². The van der Waals surface area contributed by atoms with Crippen LogP contribution in [-0.2, 0) is 9.59 Å². The Morgan fingerprint density at radius 3 is 2.52 bits per heavy atom. The van der Waals surface area contributed by atoms with Crippen molar-refractivity contribution in [2.75, 3.05) is 12.0 Å². The van der Waals surface area contributed by atoms with Crippen molar-refractivity contribution < 1.29 is 19.5 Å². The molecular weight excluding hydrogens is 384 g/mol. The SMILES string of the molecule is CSCC[C@@H](NC(=O)/C(=C\c1cccs1)NC(=O)c1ccccc1)C(=O)O. The number of carboxylic acids is 1. The molecule has 2 rings (SSSR count). The lowest BCUT2D eigenvalue weighted by atomic mass is 10.2. The summed E-state index contributed by atoms with van der Waals surface area (Å²) in [4.78, 5) is 37.2. The lowest BCUT2D eigenvalue weighted by Crippen LogP contribution is -2.44. The Hall–Kier alpha value is -2.58. The summed E-state index contributed by atoms with van der Waals surface area (Å²) in [6, 6.07) is 11.1. The van der Waals surface area contributed by atoms with E-state index >= 15 is 0 Å². The van der Waals surface area contributed by atoms with E-state index in [4.69, 9.17) is 0 Å². The van der Waals surface area contributed by atoms with Crippen molar-refractivity contribution in [3.8, 4) is 0 Å². The Balaban J connectivity index is 2.20. The van der Waals surface area contributed by atoms with Crippen LogP contribution in [0.3, 0.4) is 0 Å². The number of benzene rings is 1. The van der Waals surface area contributed by atoms with Crippen LogP contribution in [0.4, 0.5) is 0 Å². The lowest BCUT2D eigenvalue weighted by Gasteiger charge is -2.16. The third-order valence-electron chi connectivity index (χ3n) is 3.57. The molecule has 0 aliphatic carbocycles. The van der Waals surface area contributed by atoms with Crippen LogP contribution >= 0.6 is 23.1 Å². The van der Waals surface area contributed by atoms with Crippen LogP contribution in [0.5, 0.6) is 0 Å². The second-order valence-electron chi connectivity index (χ2n) is 5.54. The molecule has 0 unspecified atom stereocenters. The molecule has 0 fully saturated rings. The molecular formula is C19H20N2O4S2. The maximum Gasteiger partial charge on any atom is 0.326 e. The number of amides is 2. The van der Waals surface area contributed by atoms with Gasteiger partial charge in [-0.25, -0.2) is 4.79 Å². The first-order valence-electron chi connectivity index (χ1n) is 8.15. The van der Waals surface area contributed by atoms with Gasteiger partial charge in [-0.05, 0) is 48.1 Å². The highest BCUT2D eigenvalue weighted by atomic mass is 32.2. The molecule has 1 aromatic heterocycles. The number of thiophene rings is 1. The van der Waals surface area contributed by atoms with Crippen LogP contribution in [0.15, 0.2) is 53.5 Å². The first-order valence-corrected chi connectivity index (χ1v) is 10.4. The Morgan fingerprint density at radius 1 is 1.19 bits per heavy atom. The minimum atomic E-state index is -1.11. The van der Waals surface area contributed by atoms with Crippen LogP contribution in [0.25, 0.3) is 6.08 Å². The van der Waals surface area contributed by atoms with Gasteiger partial charge >= 0.3 is 5.97 Å². The predicted molar refractivity (Wildman–Crippen MR) is 109 cm³/mol. The highest BCUT2D eigenvalue weighted by Crippen LogP contribution is 2.13. The molecule has 0 bridgehead atoms. The van der Waals surface area contributed by atoms with Crippen molar-refractivity contribution >= 4 is 47.0 Å². The summed E-state index contributed by atoms with van der Waals surface area (Å²) in [6.07, 6.45) is 3.69. The van der Waals surface area contributed by atoms with E-state index in [1.165, 1.54) is 29.2 Å². The molecule has 0 spiro atoms. The summed E-state index contributed by atoms with van der Waals surface area (Å²) in [5, 5.41) is 16.2. The zero-order valence-corrected chi connectivity index (χ0v) is 16.3. The average molecular weight is 405 g/mol. The number of aliphatic carboxylic acids is 1. The minimum absolute atomic E-state index is 0.00158. The molecule has 0 aliphatic rings. The molecule has 0 radical (unpaired) electrons. The molecule has 2 amide bonds. The summed E-state index contributed by atoms with van der Waals surface area (Å²) in [6.45, 7) is 0. The van der Waals surface area contributed by atoms with Gasteiger partial charge in [0.1, 0.15) is 11.7 Å². The fourth-order valence-electron chi connectivity index (χ4n) is 2.19. The standard InChI is InChI=1S/C19H20N2O4S2/c1-26-11-9-15(19(24)25)20-18(23)16(12-14-8-5-10-27-14)21-17(22)13-6-3-2-4-7-13/h2-8,10,12,15H,9,11H2,1H3,(H,20,23)(H,21,22)(H,24,25)/b16-12+/t15-/m1/s1. The van der Waals surface area contributed by atoms with Gasteiger partial charge < -0.3 is 15.7 Å². The summed E-state index contributed by atoms with van der Waals surface area (Å²) < 4.78 is 0. The van der Waals surface area contributed by atoms with Gasteiger partial charge in [0, 0.05) is 10.4 Å². The number of rotatable bonds is 9. The van der Waals surface area contributed by atoms with E-state index in [1.807, 2.05) is 17.7 Å². The van der Waals surface area contributed by atoms with Crippen molar-refractivity contribution in [2.24, 2.45) is 0 Å². The van der Waals surface area contributed by atoms with Crippen molar-refractivity contribution in [3.63, 3.8) is 0 Å². The van der Waals surface area contributed by atoms with Gasteiger partial charge in [-0.1, -0.05) is 24.3 Å². The fourth-order valence-corrected chi connectivity index (χ4v) is 3.32. The van der Waals surface area contributed by atoms with Gasteiger partial charge in [0.25, 0.3) is 11.8 Å². The maximum absolute atomic E-state index is 12.7. The van der Waals surface area contributed by atoms with Crippen molar-refractivity contribution in [2.45, 2.75) is 12.5 Å². The highest BCUT2D eigenvalue weighted by Gasteiger charge is 2.22. The second kappa shape index (κ2) is 10.5. The topological polar surface area (TPSA) is 95.5 Å². The van der Waals surface area contributed by atoms with Crippen molar-refractivity contribution in [1.82, 2.24) is 10.6 Å². The van der Waals surface area contributed by atoms with E-state index in [9.17, 15) is 19.5 Å². The Labute approximate surface area is 165 Å². The summed E-state index contributed by atoms with van der Waals surface area (Å²) in [7, 11) is 0. The molecule has 1 heterocycles. The van der Waals surface area contributed by atoms with E-state index in [0.717, 1.165) is 4.88 Å². The largest absolute Gasteiger partial charge is 0.480 e. The normalized spacial score (nSPS) is 12.3. The zero-order chi connectivity index (χ0) is 19.6. The number of nitrogens with one attached hydrogen (secondary N) is 2. The highest BCUT2D eigenvalue weighted by molar-refractivity contribution is 7.98. The van der Waals surface area contributed by atoms with Crippen LogP contribution in [-0.4, -0.2) is 40.9 Å². The summed E-state index contributed by atoms with van der Waals surface area (Å²) in [5.41, 5.74) is 0.404. The average Bonchev–Trinajstić information content (AvgIpc) is 3.18. The van der Waals surface area contributed by atoms with Gasteiger partial charge in [-0.3, -0.25) is 9.59 Å². The zero-order valence-electron chi connectivity index (χ0n) is 14.7. The maximum atomic E-state index is 12.7. The molecule has 0 aliphatic heterocycles. The van der Waals surface area contributed by atoms with Gasteiger partial charge in [0.15, 0.2) is 0 Å². The number of hydrogen-bond donors (Lipinski definition) is 3. The molecule has 0 saturated heterocycles. The molecule has 2 aromatic rings. The molecule has 3 N–H and O–H groups in total. The van der Waals surface area contributed by atoms with E-state index in [1.54, 1.807) is 36.4 Å². The Morgan fingerprint density at radius 2 is 1.93 bits per heavy atom. The molecule has 1 aromatic carbocycles. The third kappa shape index (κ3) is 6.58. The first-order chi connectivity index (χ1) is 13.0. The monoisotopic (exact) mass is 404 g/mol. The molecule has 1 atom stereocenters. The van der Waals surface area contributed by atoms with Gasteiger partial charge in [-0.2, -0.15) is 11.8 Å². The molecule has 27 heavy (non-hydrogen) atoms. The quantitative estimate of drug-likeness (QED) is 0.559. The second-order valence-corrected chi connectivity index (χ2v) is 7.50. The third-order valence-corrected chi connectivity index (χ3v) is 5.04. The number of carbonyl (C=O) groups excluding carboxylic acids is 2. The molecule has 142 valence electrons. The van der Waals surface area contributed by atoms with Crippen LogP contribution in [0, 0.1) is 0 Å². The van der Waals surface area contributed by atoms with Gasteiger partial charge in [0.05, 0.1) is 0 Å². The molecule has 6 nitrogen and oxygen atoms in total. The fraction of sp³-hybridized carbons (Fsp3) is 0.211. The first kappa shape index (κ1) is 20.7. The minimum Gasteiger partial charge on any atom is -0.480 e. The van der Waals surface area contributed by atoms with Crippen LogP contribution < -0.4 is 10.6 Å². The van der Waals surface area contributed by atoms with Gasteiger partial charge in [-0.15, -0.1) is 11.3 Å². The number of carbonyl (C=O) groups is 3. The number of carboxylic acid groups (broad SMARTS) is 1. The number of hydrogen-bond acceptors (Lipinski definition) is 5. The summed E-state index contributed by atoms with van der Waals surface area (Å²) in [5.74, 6) is -1.59. The lowest BCUT2D eigenvalue weighted by molar-refractivity contribution is -0.141. The van der Waals surface area contributed by atoms with Crippen LogP contribution in [0.2, 0.25) is 0 Å². The van der Waals surface area contributed by atoms with Crippen molar-refractivity contribution in [1.29, 1.82) is 0 Å². The van der Waals surface area contributed by atoms with E-state index in [-0.39, 0.29) is 5.70 Å². The smallest absolute Gasteiger partial charge is 0.326 e. The van der Waals surface area contributed by atoms with E-state index in [2.05, 4.69) is 10.6 Å². The number of thioether (sulfide) groups is 1. The molecule has 8 heteroatoms. The van der Waals surface area contributed by atoms with Crippen molar-refractivity contribution in [3.05, 3.63) is 64.0 Å². The summed E-state index contributed by atoms with van der Waals surface area (Å²) >= 11 is 2.90. The van der Waals surface area contributed by atoms with E-state index < -0.39 is 23.8 Å². The molecule has 0 saturated carbocycles. The van der Waals surface area contributed by atoms with Crippen LogP contribution in [0.1, 0.15) is 21.7 Å². The van der Waals surface area contributed by atoms with Gasteiger partial charge in [0.2, 0.25) is 0 Å². The predicted octanol–water partition coefficient (Wildman–Crippen LogP) is 2.84.